The van der Waals surface area contributed by atoms with Gasteiger partial charge in [0, 0.05) is 17.2 Å². The van der Waals surface area contributed by atoms with Crippen molar-refractivity contribution in [2.24, 2.45) is 0 Å². The summed E-state index contributed by atoms with van der Waals surface area (Å²) in [5.41, 5.74) is -0.106. The van der Waals surface area contributed by atoms with E-state index < -0.39 is 17.4 Å². The van der Waals surface area contributed by atoms with E-state index in [0.717, 1.165) is 12.1 Å². The summed E-state index contributed by atoms with van der Waals surface area (Å²) in [7, 11) is 0. The molecule has 0 unspecified atom stereocenters. The number of carbonyl (C=O) groups excluding carboxylic acids is 2. The van der Waals surface area contributed by atoms with Crippen LogP contribution in [0.4, 0.5) is 4.39 Å². The van der Waals surface area contributed by atoms with Gasteiger partial charge in [-0.3, -0.25) is 9.59 Å². The van der Waals surface area contributed by atoms with Gasteiger partial charge in [-0.15, -0.1) is 0 Å². The highest BCUT2D eigenvalue weighted by molar-refractivity contribution is 6.26. The van der Waals surface area contributed by atoms with Gasteiger partial charge in [0.2, 0.25) is 11.3 Å². The lowest BCUT2D eigenvalue weighted by molar-refractivity contribution is -0.579. The molecular formula is C16H7FN2O3. The van der Waals surface area contributed by atoms with Crippen molar-refractivity contribution in [2.75, 3.05) is 0 Å². The number of carbonyl (C=O) groups is 2. The van der Waals surface area contributed by atoms with Crippen LogP contribution in [-0.4, -0.2) is 16.6 Å². The minimum absolute atomic E-state index is 0.0840. The number of aromatic nitrogens is 2. The van der Waals surface area contributed by atoms with E-state index in [9.17, 15) is 19.2 Å². The van der Waals surface area contributed by atoms with Crippen molar-refractivity contribution in [3.63, 3.8) is 0 Å². The van der Waals surface area contributed by atoms with E-state index in [1.165, 1.54) is 18.2 Å². The number of benzene rings is 2. The summed E-state index contributed by atoms with van der Waals surface area (Å²) in [6.45, 7) is 0. The monoisotopic (exact) mass is 294 g/mol. The minimum atomic E-state index is -0.617. The van der Waals surface area contributed by atoms with Crippen molar-refractivity contribution in [2.45, 2.75) is 0 Å². The van der Waals surface area contributed by atoms with Gasteiger partial charge in [0.25, 0.3) is 11.5 Å². The zero-order valence-electron chi connectivity index (χ0n) is 11.0. The van der Waals surface area contributed by atoms with Crippen molar-refractivity contribution in [1.82, 2.24) is 4.98 Å². The summed E-state index contributed by atoms with van der Waals surface area (Å²) in [6.07, 6.45) is 0. The Morgan fingerprint density at radius 3 is 2.41 bits per heavy atom. The third kappa shape index (κ3) is 1.52. The summed E-state index contributed by atoms with van der Waals surface area (Å²) in [4.78, 5) is 29.1. The molecule has 0 spiro atoms. The van der Waals surface area contributed by atoms with Crippen LogP contribution in [0.1, 0.15) is 32.1 Å². The topological polar surface area (TPSA) is 74.0 Å². The van der Waals surface area contributed by atoms with Crippen LogP contribution in [0.5, 0.6) is 0 Å². The third-order valence-electron chi connectivity index (χ3n) is 3.66. The zero-order valence-corrected chi connectivity index (χ0v) is 11.0. The Morgan fingerprint density at radius 2 is 1.68 bits per heavy atom. The van der Waals surface area contributed by atoms with Crippen molar-refractivity contribution >= 4 is 22.6 Å². The molecule has 1 aromatic heterocycles. The van der Waals surface area contributed by atoms with Crippen LogP contribution in [-0.2, 0) is 0 Å². The molecule has 0 saturated carbocycles. The second kappa shape index (κ2) is 4.17. The second-order valence-electron chi connectivity index (χ2n) is 4.94. The Bertz CT molecular complexity index is 998. The molecule has 0 amide bonds. The quantitative estimate of drug-likeness (QED) is 0.366. The summed E-state index contributed by atoms with van der Waals surface area (Å²) < 4.78 is 13.6. The van der Waals surface area contributed by atoms with Crippen molar-refractivity contribution in [3.8, 4) is 0 Å². The lowest BCUT2D eigenvalue weighted by Gasteiger charge is -2.16. The first-order valence-corrected chi connectivity index (χ1v) is 6.49. The second-order valence-corrected chi connectivity index (χ2v) is 4.94. The molecular weight excluding hydrogens is 287 g/mol. The largest absolute Gasteiger partial charge is 0.618 e. The van der Waals surface area contributed by atoms with Crippen LogP contribution in [0, 0.1) is 11.0 Å². The smallest absolute Gasteiger partial charge is 0.295 e. The van der Waals surface area contributed by atoms with Crippen LogP contribution in [0.2, 0.25) is 0 Å². The molecule has 3 aromatic rings. The lowest BCUT2D eigenvalue weighted by atomic mass is 9.89. The number of hydrogen-bond acceptors (Lipinski definition) is 4. The number of halogens is 1. The number of fused-ring (bicyclic) bond motifs is 3. The molecule has 0 atom stereocenters. The predicted octanol–water partition coefficient (Wildman–Crippen LogP) is 1.78. The van der Waals surface area contributed by atoms with Crippen LogP contribution < -0.4 is 4.73 Å². The van der Waals surface area contributed by atoms with E-state index in [4.69, 9.17) is 0 Å². The summed E-state index contributed by atoms with van der Waals surface area (Å²) >= 11 is 0. The molecule has 2 aromatic carbocycles. The summed E-state index contributed by atoms with van der Waals surface area (Å²) in [5, 5.41) is 12.4. The van der Waals surface area contributed by atoms with Gasteiger partial charge in [-0.25, -0.2) is 9.37 Å². The number of nitrogens with zero attached hydrogens (tertiary/aromatic N) is 2. The first-order chi connectivity index (χ1) is 10.6. The van der Waals surface area contributed by atoms with Crippen molar-refractivity contribution in [3.05, 3.63) is 76.0 Å². The SMILES string of the molecule is O=C1c2ccccc2C(=O)c2c1nc1ccc(F)cc1[n+]2[O-]. The van der Waals surface area contributed by atoms with E-state index in [1.54, 1.807) is 12.1 Å². The minimum Gasteiger partial charge on any atom is -0.618 e. The van der Waals surface area contributed by atoms with Gasteiger partial charge in [-0.2, -0.15) is 4.73 Å². The van der Waals surface area contributed by atoms with Crippen LogP contribution in [0.3, 0.4) is 0 Å². The summed E-state index contributed by atoms with van der Waals surface area (Å²) in [6, 6.07) is 9.68. The Hall–Kier alpha value is -3.15. The Morgan fingerprint density at radius 1 is 1.00 bits per heavy atom. The maximum absolute atomic E-state index is 13.3. The van der Waals surface area contributed by atoms with E-state index in [1.807, 2.05) is 0 Å². The fraction of sp³-hybridized carbons (Fsp3) is 0. The van der Waals surface area contributed by atoms with Gasteiger partial charge >= 0.3 is 0 Å². The lowest BCUT2D eigenvalue weighted by Crippen LogP contribution is -2.41. The number of rotatable bonds is 0. The molecule has 6 heteroatoms. The molecule has 4 rings (SSSR count). The Balaban J connectivity index is 2.12. The van der Waals surface area contributed by atoms with Gasteiger partial charge in [0.05, 0.1) is 0 Å². The first-order valence-electron chi connectivity index (χ1n) is 6.49. The Labute approximate surface area is 123 Å². The molecule has 0 aliphatic heterocycles. The molecule has 106 valence electrons. The maximum Gasteiger partial charge on any atom is 0.295 e. The van der Waals surface area contributed by atoms with Crippen LogP contribution >= 0.6 is 0 Å². The predicted molar refractivity (Wildman–Crippen MR) is 74.0 cm³/mol. The van der Waals surface area contributed by atoms with Crippen molar-refractivity contribution in [1.29, 1.82) is 0 Å². The molecule has 0 N–H and O–H groups in total. The number of hydrogen-bond donors (Lipinski definition) is 0. The standard InChI is InChI=1S/C16H7FN2O3/c17-8-5-6-11-12(7-8)19(22)14-13(18-11)15(20)9-3-1-2-4-10(9)16(14)21/h1-7H. The molecule has 0 radical (unpaired) electrons. The normalized spacial score (nSPS) is 13.1. The average Bonchev–Trinajstić information content (AvgIpc) is 2.53. The molecule has 1 heterocycles. The molecule has 5 nitrogen and oxygen atoms in total. The summed E-state index contributed by atoms with van der Waals surface area (Å²) in [5.74, 6) is -1.69. The van der Waals surface area contributed by atoms with Crippen LogP contribution in [0.15, 0.2) is 42.5 Å². The van der Waals surface area contributed by atoms with Crippen molar-refractivity contribution < 1.29 is 18.7 Å². The molecule has 22 heavy (non-hydrogen) atoms. The number of ketones is 2. The van der Waals surface area contributed by atoms with E-state index >= 15 is 0 Å². The highest BCUT2D eigenvalue weighted by Crippen LogP contribution is 2.25. The zero-order chi connectivity index (χ0) is 15.4. The van der Waals surface area contributed by atoms with Gasteiger partial charge in [-0.1, -0.05) is 24.3 Å². The highest BCUT2D eigenvalue weighted by Gasteiger charge is 2.38. The molecule has 0 bridgehead atoms. The third-order valence-corrected chi connectivity index (χ3v) is 3.66. The van der Waals surface area contributed by atoms with Gasteiger partial charge in [-0.05, 0) is 12.1 Å². The maximum atomic E-state index is 13.3. The molecule has 0 fully saturated rings. The molecule has 1 aliphatic carbocycles. The fourth-order valence-corrected chi connectivity index (χ4v) is 2.64. The van der Waals surface area contributed by atoms with Gasteiger partial charge in [0.1, 0.15) is 11.3 Å². The Kier molecular flexibility index (Phi) is 2.39. The van der Waals surface area contributed by atoms with Crippen LogP contribution in [0.25, 0.3) is 11.0 Å². The van der Waals surface area contributed by atoms with Gasteiger partial charge < -0.3 is 5.21 Å². The first kappa shape index (κ1) is 12.6. The van der Waals surface area contributed by atoms with E-state index in [0.29, 0.717) is 0 Å². The molecule has 0 saturated heterocycles. The van der Waals surface area contributed by atoms with Gasteiger partial charge in [0.15, 0.2) is 5.69 Å². The van der Waals surface area contributed by atoms with E-state index in [-0.39, 0.29) is 38.3 Å². The molecule has 1 aliphatic rings. The fourth-order valence-electron chi connectivity index (χ4n) is 2.64. The average molecular weight is 294 g/mol. The highest BCUT2D eigenvalue weighted by atomic mass is 19.1. The van der Waals surface area contributed by atoms with E-state index in [2.05, 4.69) is 4.98 Å².